The number of rotatable bonds is 4. The van der Waals surface area contributed by atoms with Gasteiger partial charge in [-0.3, -0.25) is 9.78 Å². The molecule has 1 aromatic carbocycles. The highest BCUT2D eigenvalue weighted by Gasteiger charge is 2.37. The molecule has 6 rings (SSSR count). The Kier molecular flexibility index (Phi) is 5.28. The number of nitrogens with zero attached hydrogens (tertiary/aromatic N) is 3. The van der Waals surface area contributed by atoms with Crippen molar-refractivity contribution in [3.05, 3.63) is 97.7 Å². The fourth-order valence-electron chi connectivity index (χ4n) is 5.17. The van der Waals surface area contributed by atoms with Gasteiger partial charge in [0.05, 0.1) is 47.4 Å². The first-order valence-corrected chi connectivity index (χ1v) is 12.0. The monoisotopic (exact) mass is 479 g/mol. The third-order valence-electron chi connectivity index (χ3n) is 6.99. The van der Waals surface area contributed by atoms with Gasteiger partial charge in [0.1, 0.15) is 0 Å². The number of aromatic nitrogens is 2. The number of benzene rings is 1. The summed E-state index contributed by atoms with van der Waals surface area (Å²) < 4.78 is 7.30. The number of anilines is 1. The third kappa shape index (κ3) is 3.88. The molecule has 0 spiro atoms. The summed E-state index contributed by atoms with van der Waals surface area (Å²) in [5.41, 5.74) is 6.24. The van der Waals surface area contributed by atoms with Crippen molar-refractivity contribution in [1.82, 2.24) is 9.55 Å². The zero-order valence-electron chi connectivity index (χ0n) is 18.0. The molecular weight excluding hydrogens is 457 g/mol. The lowest BCUT2D eigenvalue weighted by Crippen LogP contribution is -2.22. The quantitative estimate of drug-likeness (QED) is 0.545. The molecule has 2 aromatic heterocycles. The molecule has 1 aliphatic carbocycles. The molecule has 2 aliphatic heterocycles. The van der Waals surface area contributed by atoms with Crippen molar-refractivity contribution in [3.8, 4) is 0 Å². The molecule has 2 saturated heterocycles. The van der Waals surface area contributed by atoms with E-state index in [9.17, 15) is 4.79 Å². The van der Waals surface area contributed by atoms with E-state index in [1.54, 1.807) is 22.8 Å². The van der Waals surface area contributed by atoms with Crippen LogP contribution in [0.1, 0.15) is 22.4 Å². The largest absolute Gasteiger partial charge is 0.381 e. The van der Waals surface area contributed by atoms with Crippen LogP contribution in [-0.4, -0.2) is 35.9 Å². The minimum absolute atomic E-state index is 0.0515. The Morgan fingerprint density at radius 2 is 1.85 bits per heavy atom. The van der Waals surface area contributed by atoms with Crippen LogP contribution < -0.4 is 10.5 Å². The molecular formula is C26H23Cl2N3O2. The van der Waals surface area contributed by atoms with Gasteiger partial charge in [0, 0.05) is 49.2 Å². The molecule has 168 valence electrons. The van der Waals surface area contributed by atoms with E-state index in [2.05, 4.69) is 17.0 Å². The number of ether oxygens (including phenoxy) is 1. The highest BCUT2D eigenvalue weighted by Crippen LogP contribution is 2.37. The maximum Gasteiger partial charge on any atom is 0.251 e. The predicted octanol–water partition coefficient (Wildman–Crippen LogP) is 4.67. The van der Waals surface area contributed by atoms with Crippen LogP contribution in [0.4, 0.5) is 5.69 Å². The van der Waals surface area contributed by atoms with Gasteiger partial charge >= 0.3 is 0 Å². The molecule has 0 radical (unpaired) electrons. The van der Waals surface area contributed by atoms with E-state index in [0.717, 1.165) is 66.4 Å². The fraction of sp³-hybridized carbons (Fsp3) is 0.308. The molecule has 5 nitrogen and oxygen atoms in total. The molecule has 0 saturated carbocycles. The lowest BCUT2D eigenvalue weighted by molar-refractivity contribution is 0.177. The molecule has 7 heteroatoms. The summed E-state index contributed by atoms with van der Waals surface area (Å²) in [6.07, 6.45) is 6.80. The van der Waals surface area contributed by atoms with Crippen LogP contribution in [0.2, 0.25) is 10.0 Å². The average molecular weight is 480 g/mol. The second-order valence-corrected chi connectivity index (χ2v) is 9.92. The zero-order chi connectivity index (χ0) is 22.5. The van der Waals surface area contributed by atoms with Crippen LogP contribution in [0.25, 0.3) is 5.57 Å². The van der Waals surface area contributed by atoms with Crippen LogP contribution in [0, 0.1) is 11.8 Å². The van der Waals surface area contributed by atoms with E-state index >= 15 is 0 Å². The van der Waals surface area contributed by atoms with Crippen LogP contribution >= 0.6 is 23.2 Å². The predicted molar refractivity (Wildman–Crippen MR) is 131 cm³/mol. The Labute approximate surface area is 202 Å². The maximum absolute atomic E-state index is 12.9. The lowest BCUT2D eigenvalue weighted by Gasteiger charge is -2.20. The summed E-state index contributed by atoms with van der Waals surface area (Å²) >= 11 is 12.1. The van der Waals surface area contributed by atoms with Gasteiger partial charge in [-0.05, 0) is 41.0 Å². The van der Waals surface area contributed by atoms with E-state index in [-0.39, 0.29) is 5.56 Å². The van der Waals surface area contributed by atoms with E-state index in [1.165, 1.54) is 0 Å². The fourth-order valence-corrected chi connectivity index (χ4v) is 5.49. The summed E-state index contributed by atoms with van der Waals surface area (Å²) in [7, 11) is 0. The molecule has 2 fully saturated rings. The van der Waals surface area contributed by atoms with Gasteiger partial charge in [-0.15, -0.1) is 0 Å². The van der Waals surface area contributed by atoms with Gasteiger partial charge in [0.15, 0.2) is 0 Å². The van der Waals surface area contributed by atoms with Gasteiger partial charge in [-0.1, -0.05) is 35.3 Å². The van der Waals surface area contributed by atoms with Crippen LogP contribution in [0.15, 0.2) is 59.7 Å². The molecule has 3 aromatic rings. The Hall–Kier alpha value is -2.60. The summed E-state index contributed by atoms with van der Waals surface area (Å²) in [5.74, 6) is 1.24. The van der Waals surface area contributed by atoms with Crippen molar-refractivity contribution >= 4 is 34.5 Å². The van der Waals surface area contributed by atoms with Gasteiger partial charge < -0.3 is 14.2 Å². The smallest absolute Gasteiger partial charge is 0.251 e. The highest BCUT2D eigenvalue weighted by atomic mass is 35.5. The molecule has 2 atom stereocenters. The van der Waals surface area contributed by atoms with Gasteiger partial charge in [0.25, 0.3) is 5.56 Å². The number of hydrogen-bond donors (Lipinski definition) is 0. The number of hydrogen-bond acceptors (Lipinski definition) is 4. The summed E-state index contributed by atoms with van der Waals surface area (Å²) in [6.45, 7) is 4.22. The van der Waals surface area contributed by atoms with Crippen LogP contribution in [0.3, 0.4) is 0 Å². The SMILES string of the molecule is O=c1cc(C2=CCc3ncc(N4C[C@H]5COC[C@H]5C4)cc32)ccn1Cc1ccc(Cl)c(Cl)c1. The number of allylic oxidation sites excluding steroid dienone is 1. The summed E-state index contributed by atoms with van der Waals surface area (Å²) in [5, 5.41) is 0.998. The number of pyridine rings is 2. The third-order valence-corrected chi connectivity index (χ3v) is 7.73. The van der Waals surface area contributed by atoms with Crippen molar-refractivity contribution in [2.45, 2.75) is 13.0 Å². The minimum atomic E-state index is -0.0515. The molecule has 0 amide bonds. The summed E-state index contributed by atoms with van der Waals surface area (Å²) in [6, 6.07) is 11.4. The first kappa shape index (κ1) is 21.0. The second-order valence-electron chi connectivity index (χ2n) is 9.10. The van der Waals surface area contributed by atoms with E-state index in [1.807, 2.05) is 24.5 Å². The molecule has 0 bridgehead atoms. The van der Waals surface area contributed by atoms with Gasteiger partial charge in [-0.25, -0.2) is 0 Å². The van der Waals surface area contributed by atoms with E-state index < -0.39 is 0 Å². The first-order valence-electron chi connectivity index (χ1n) is 11.2. The van der Waals surface area contributed by atoms with Crippen LogP contribution in [-0.2, 0) is 17.7 Å². The maximum atomic E-state index is 12.9. The molecule has 4 heterocycles. The van der Waals surface area contributed by atoms with Crippen molar-refractivity contribution in [1.29, 1.82) is 0 Å². The van der Waals surface area contributed by atoms with Crippen LogP contribution in [0.5, 0.6) is 0 Å². The number of halogens is 2. The molecule has 33 heavy (non-hydrogen) atoms. The zero-order valence-corrected chi connectivity index (χ0v) is 19.5. The van der Waals surface area contributed by atoms with Crippen molar-refractivity contribution in [2.24, 2.45) is 11.8 Å². The first-order chi connectivity index (χ1) is 16.0. The Morgan fingerprint density at radius 3 is 2.61 bits per heavy atom. The Bertz CT molecular complexity index is 1320. The standard InChI is InChI=1S/C26H23Cl2N3O2/c27-23-3-1-16(7-24(23)28)11-30-6-5-17(8-26(30)32)21-2-4-25-22(21)9-20(10-29-25)31-12-18-14-33-15-19(18)13-31/h1-3,5-10,18-19H,4,11-15H2/t18-,19+. The second kappa shape index (κ2) is 8.32. The Balaban J connectivity index is 1.25. The average Bonchev–Trinajstić information content (AvgIpc) is 3.52. The lowest BCUT2D eigenvalue weighted by atomic mass is 10.0. The summed E-state index contributed by atoms with van der Waals surface area (Å²) in [4.78, 5) is 20.1. The topological polar surface area (TPSA) is 47.4 Å². The Morgan fingerprint density at radius 1 is 1.03 bits per heavy atom. The highest BCUT2D eigenvalue weighted by molar-refractivity contribution is 6.42. The minimum Gasteiger partial charge on any atom is -0.381 e. The van der Waals surface area contributed by atoms with Crippen molar-refractivity contribution < 1.29 is 4.74 Å². The number of fused-ring (bicyclic) bond motifs is 2. The van der Waals surface area contributed by atoms with Crippen molar-refractivity contribution in [2.75, 3.05) is 31.2 Å². The van der Waals surface area contributed by atoms with E-state index in [0.29, 0.717) is 28.4 Å². The molecule has 0 N–H and O–H groups in total. The normalized spacial score (nSPS) is 21.3. The molecule has 0 unspecified atom stereocenters. The van der Waals surface area contributed by atoms with Gasteiger partial charge in [-0.2, -0.15) is 0 Å². The van der Waals surface area contributed by atoms with Crippen molar-refractivity contribution in [3.63, 3.8) is 0 Å². The van der Waals surface area contributed by atoms with E-state index in [4.69, 9.17) is 32.9 Å². The molecule has 3 aliphatic rings. The van der Waals surface area contributed by atoms with Gasteiger partial charge in [0.2, 0.25) is 0 Å².